The van der Waals surface area contributed by atoms with Gasteiger partial charge in [-0.15, -0.1) is 0 Å². The molecular weight excluding hydrogens is 366 g/mol. The minimum Gasteiger partial charge on any atom is -0.369 e. The zero-order valence-electron chi connectivity index (χ0n) is 15.4. The summed E-state index contributed by atoms with van der Waals surface area (Å²) in [7, 11) is 0. The highest BCUT2D eigenvalue weighted by molar-refractivity contribution is 6.30. The predicted molar refractivity (Wildman–Crippen MR) is 103 cm³/mol. The average molecular weight is 392 g/mol. The first-order valence-electron chi connectivity index (χ1n) is 9.53. The van der Waals surface area contributed by atoms with Crippen molar-refractivity contribution in [1.82, 2.24) is 9.80 Å². The highest BCUT2D eigenvalue weighted by Crippen LogP contribution is 2.26. The highest BCUT2D eigenvalue weighted by atomic mass is 35.5. The van der Waals surface area contributed by atoms with E-state index in [9.17, 15) is 14.4 Å². The van der Waals surface area contributed by atoms with Gasteiger partial charge in [-0.05, 0) is 63.0 Å². The molecule has 2 aliphatic heterocycles. The van der Waals surface area contributed by atoms with Gasteiger partial charge in [0.1, 0.15) is 0 Å². The van der Waals surface area contributed by atoms with E-state index in [4.69, 9.17) is 17.3 Å². The van der Waals surface area contributed by atoms with Crippen molar-refractivity contribution < 1.29 is 14.4 Å². The van der Waals surface area contributed by atoms with E-state index in [-0.39, 0.29) is 36.0 Å². The van der Waals surface area contributed by atoms with Crippen molar-refractivity contribution in [2.75, 3.05) is 32.7 Å². The van der Waals surface area contributed by atoms with Crippen LogP contribution in [0.1, 0.15) is 36.0 Å². The molecule has 1 aromatic carbocycles. The second-order valence-corrected chi connectivity index (χ2v) is 7.95. The van der Waals surface area contributed by atoms with Crippen molar-refractivity contribution in [3.05, 3.63) is 34.9 Å². The van der Waals surface area contributed by atoms with Crippen LogP contribution in [0.5, 0.6) is 0 Å². The Morgan fingerprint density at radius 3 is 2.30 bits per heavy atom. The Morgan fingerprint density at radius 2 is 1.67 bits per heavy atom. The number of ketones is 1. The molecule has 7 heteroatoms. The molecule has 0 unspecified atom stereocenters. The minimum atomic E-state index is -0.334. The molecule has 1 aromatic rings. The van der Waals surface area contributed by atoms with Crippen molar-refractivity contribution in [3.63, 3.8) is 0 Å². The number of halogens is 1. The molecule has 2 amide bonds. The number of nitrogens with zero attached hydrogens (tertiary/aromatic N) is 2. The lowest BCUT2D eigenvalue weighted by atomic mass is 9.88. The SMILES string of the molecule is NC(=O)CN1CCC(C(=O)N2CCC[C@@H](C(=O)c3ccc(Cl)cc3)C2)CC1. The van der Waals surface area contributed by atoms with Crippen molar-refractivity contribution in [2.24, 2.45) is 17.6 Å². The molecule has 0 aliphatic carbocycles. The maximum atomic E-state index is 12.9. The summed E-state index contributed by atoms with van der Waals surface area (Å²) >= 11 is 5.90. The minimum absolute atomic E-state index is 0.0292. The summed E-state index contributed by atoms with van der Waals surface area (Å²) in [5.74, 6) is -0.292. The van der Waals surface area contributed by atoms with Gasteiger partial charge in [0.25, 0.3) is 0 Å². The Balaban J connectivity index is 1.56. The predicted octanol–water partition coefficient (Wildman–Crippen LogP) is 1.96. The summed E-state index contributed by atoms with van der Waals surface area (Å²) in [5, 5.41) is 0.606. The number of rotatable bonds is 5. The Hall–Kier alpha value is -1.92. The van der Waals surface area contributed by atoms with Crippen molar-refractivity contribution in [1.29, 1.82) is 0 Å². The van der Waals surface area contributed by atoms with E-state index >= 15 is 0 Å². The Bertz CT molecular complexity index is 699. The van der Waals surface area contributed by atoms with Crippen LogP contribution in [-0.2, 0) is 9.59 Å². The van der Waals surface area contributed by atoms with Crippen LogP contribution >= 0.6 is 11.6 Å². The van der Waals surface area contributed by atoms with Gasteiger partial charge in [0.05, 0.1) is 6.54 Å². The van der Waals surface area contributed by atoms with Crippen LogP contribution in [-0.4, -0.2) is 60.1 Å². The third-order valence-corrected chi connectivity index (χ3v) is 5.80. The first kappa shape index (κ1) is 19.8. The smallest absolute Gasteiger partial charge is 0.231 e. The molecule has 0 radical (unpaired) electrons. The fourth-order valence-corrected chi connectivity index (χ4v) is 4.18. The third kappa shape index (κ3) is 5.08. The van der Waals surface area contributed by atoms with E-state index in [1.54, 1.807) is 24.3 Å². The molecule has 2 N–H and O–H groups in total. The van der Waals surface area contributed by atoms with E-state index in [1.807, 2.05) is 9.80 Å². The summed E-state index contributed by atoms with van der Waals surface area (Å²) in [5.41, 5.74) is 5.89. The zero-order valence-corrected chi connectivity index (χ0v) is 16.2. The third-order valence-electron chi connectivity index (χ3n) is 5.55. The van der Waals surface area contributed by atoms with Gasteiger partial charge in [-0.3, -0.25) is 19.3 Å². The van der Waals surface area contributed by atoms with Crippen molar-refractivity contribution in [2.45, 2.75) is 25.7 Å². The second kappa shape index (κ2) is 8.85. The Morgan fingerprint density at radius 1 is 1.00 bits per heavy atom. The van der Waals surface area contributed by atoms with Gasteiger partial charge in [0.15, 0.2) is 5.78 Å². The van der Waals surface area contributed by atoms with Crippen LogP contribution in [0.3, 0.4) is 0 Å². The maximum absolute atomic E-state index is 12.9. The number of nitrogens with two attached hydrogens (primary N) is 1. The highest BCUT2D eigenvalue weighted by Gasteiger charge is 2.33. The molecule has 2 aliphatic rings. The van der Waals surface area contributed by atoms with Crippen LogP contribution < -0.4 is 5.73 Å². The summed E-state index contributed by atoms with van der Waals surface area (Å²) in [6, 6.07) is 6.95. The van der Waals surface area contributed by atoms with Crippen molar-refractivity contribution in [3.8, 4) is 0 Å². The fourth-order valence-electron chi connectivity index (χ4n) is 4.06. The fraction of sp³-hybridized carbons (Fsp3) is 0.550. The Labute approximate surface area is 164 Å². The molecule has 27 heavy (non-hydrogen) atoms. The largest absolute Gasteiger partial charge is 0.369 e. The zero-order chi connectivity index (χ0) is 19.4. The average Bonchev–Trinajstić information content (AvgIpc) is 2.68. The molecule has 2 fully saturated rings. The van der Waals surface area contributed by atoms with Crippen molar-refractivity contribution >= 4 is 29.2 Å². The van der Waals surface area contributed by atoms with E-state index in [1.165, 1.54) is 0 Å². The molecule has 2 heterocycles. The number of carbonyl (C=O) groups excluding carboxylic acids is 3. The lowest BCUT2D eigenvalue weighted by Crippen LogP contribution is -2.48. The monoisotopic (exact) mass is 391 g/mol. The molecule has 3 rings (SSSR count). The molecule has 2 saturated heterocycles. The number of piperidine rings is 2. The van der Waals surface area contributed by atoms with Gasteiger partial charge in [0.2, 0.25) is 11.8 Å². The van der Waals surface area contributed by atoms with Crippen LogP contribution in [0.4, 0.5) is 0 Å². The van der Waals surface area contributed by atoms with Crippen LogP contribution in [0.15, 0.2) is 24.3 Å². The number of primary amides is 1. The summed E-state index contributed by atoms with van der Waals surface area (Å²) in [6.07, 6.45) is 3.12. The quantitative estimate of drug-likeness (QED) is 0.777. The summed E-state index contributed by atoms with van der Waals surface area (Å²) in [6.45, 7) is 2.87. The lowest BCUT2D eigenvalue weighted by molar-refractivity contribution is -0.138. The molecule has 0 aromatic heterocycles. The Kier molecular flexibility index (Phi) is 6.50. The number of hydrogen-bond acceptors (Lipinski definition) is 4. The number of benzene rings is 1. The first-order valence-corrected chi connectivity index (χ1v) is 9.91. The topological polar surface area (TPSA) is 83.7 Å². The molecule has 0 spiro atoms. The summed E-state index contributed by atoms with van der Waals surface area (Å²) in [4.78, 5) is 40.6. The van der Waals surface area contributed by atoms with Gasteiger partial charge in [-0.25, -0.2) is 0 Å². The van der Waals surface area contributed by atoms with Gasteiger partial charge in [-0.2, -0.15) is 0 Å². The number of amides is 2. The maximum Gasteiger partial charge on any atom is 0.231 e. The molecular formula is C20H26ClN3O3. The van der Waals surface area contributed by atoms with E-state index in [0.717, 1.165) is 25.7 Å². The number of carbonyl (C=O) groups is 3. The van der Waals surface area contributed by atoms with E-state index in [0.29, 0.717) is 36.8 Å². The van der Waals surface area contributed by atoms with Gasteiger partial charge in [-0.1, -0.05) is 11.6 Å². The van der Waals surface area contributed by atoms with Crippen LogP contribution in [0.25, 0.3) is 0 Å². The summed E-state index contributed by atoms with van der Waals surface area (Å²) < 4.78 is 0. The second-order valence-electron chi connectivity index (χ2n) is 7.51. The number of hydrogen-bond donors (Lipinski definition) is 1. The van der Waals surface area contributed by atoms with Gasteiger partial charge < -0.3 is 10.6 Å². The van der Waals surface area contributed by atoms with Crippen LogP contribution in [0.2, 0.25) is 5.02 Å². The lowest BCUT2D eigenvalue weighted by Gasteiger charge is -2.37. The molecule has 146 valence electrons. The molecule has 1 atom stereocenters. The molecule has 6 nitrogen and oxygen atoms in total. The van der Waals surface area contributed by atoms with E-state index in [2.05, 4.69) is 0 Å². The van der Waals surface area contributed by atoms with Gasteiger partial charge in [0, 0.05) is 35.5 Å². The normalized spacial score (nSPS) is 21.8. The molecule has 0 bridgehead atoms. The first-order chi connectivity index (χ1) is 12.9. The molecule has 0 saturated carbocycles. The number of Topliss-reactive ketones (excluding diaryl/α,β-unsaturated/α-hetero) is 1. The standard InChI is InChI=1S/C20H26ClN3O3/c21-17-5-3-14(4-6-17)19(26)16-2-1-9-24(12-16)20(27)15-7-10-23(11-8-15)13-18(22)25/h3-6,15-16H,1-2,7-13H2,(H2,22,25)/t16-/m1/s1. The van der Waals surface area contributed by atoms with E-state index < -0.39 is 0 Å². The van der Waals surface area contributed by atoms with Gasteiger partial charge >= 0.3 is 0 Å². The number of likely N-dealkylation sites (tertiary alicyclic amines) is 2. The van der Waals surface area contributed by atoms with Crippen LogP contribution in [0, 0.1) is 11.8 Å².